The molecule has 0 saturated carbocycles. The molecule has 0 saturated heterocycles. The SMILES string of the molecule is CC(O)COc1ccc(OCCOc2ccccc2)c2ccccc12. The van der Waals surface area contributed by atoms with Crippen molar-refractivity contribution in [1.82, 2.24) is 0 Å². The Morgan fingerprint density at radius 1 is 0.720 bits per heavy atom. The normalized spacial score (nSPS) is 11.9. The number of aliphatic hydroxyl groups excluding tert-OH is 1. The Hall–Kier alpha value is -2.72. The highest BCUT2D eigenvalue weighted by molar-refractivity contribution is 5.93. The molecule has 3 aromatic carbocycles. The van der Waals surface area contributed by atoms with E-state index in [-0.39, 0.29) is 6.61 Å². The molecule has 25 heavy (non-hydrogen) atoms. The van der Waals surface area contributed by atoms with E-state index in [4.69, 9.17) is 14.2 Å². The van der Waals surface area contributed by atoms with Crippen LogP contribution >= 0.6 is 0 Å². The third-order valence-electron chi connectivity index (χ3n) is 3.68. The van der Waals surface area contributed by atoms with E-state index in [0.29, 0.717) is 13.2 Å². The highest BCUT2D eigenvalue weighted by atomic mass is 16.5. The Balaban J connectivity index is 1.66. The van der Waals surface area contributed by atoms with Crippen molar-refractivity contribution in [2.24, 2.45) is 0 Å². The maximum absolute atomic E-state index is 9.41. The van der Waals surface area contributed by atoms with E-state index in [2.05, 4.69) is 0 Å². The number of para-hydroxylation sites is 1. The standard InChI is InChI=1S/C21H22O4/c1-16(22)15-25-21-12-11-20(18-9-5-6-10-19(18)21)24-14-13-23-17-7-3-2-4-8-17/h2-12,16,22H,13-15H2,1H3. The molecule has 0 amide bonds. The van der Waals surface area contributed by atoms with E-state index < -0.39 is 6.10 Å². The molecule has 4 heteroatoms. The average Bonchev–Trinajstić information content (AvgIpc) is 2.65. The zero-order valence-electron chi connectivity index (χ0n) is 14.2. The zero-order valence-corrected chi connectivity index (χ0v) is 14.2. The number of fused-ring (bicyclic) bond motifs is 1. The van der Waals surface area contributed by atoms with Crippen molar-refractivity contribution < 1.29 is 19.3 Å². The zero-order chi connectivity index (χ0) is 17.5. The second kappa shape index (κ2) is 8.40. The fourth-order valence-corrected chi connectivity index (χ4v) is 2.53. The van der Waals surface area contributed by atoms with Crippen LogP contribution in [0.15, 0.2) is 66.7 Å². The van der Waals surface area contributed by atoms with E-state index in [1.165, 1.54) is 0 Å². The highest BCUT2D eigenvalue weighted by Crippen LogP contribution is 2.33. The van der Waals surface area contributed by atoms with Crippen LogP contribution < -0.4 is 14.2 Å². The number of aliphatic hydroxyl groups is 1. The lowest BCUT2D eigenvalue weighted by Crippen LogP contribution is -2.13. The van der Waals surface area contributed by atoms with Crippen LogP contribution in [0.2, 0.25) is 0 Å². The van der Waals surface area contributed by atoms with Gasteiger partial charge >= 0.3 is 0 Å². The Morgan fingerprint density at radius 3 is 1.92 bits per heavy atom. The summed E-state index contributed by atoms with van der Waals surface area (Å²) in [4.78, 5) is 0. The summed E-state index contributed by atoms with van der Waals surface area (Å²) >= 11 is 0. The Bertz CT molecular complexity index is 799. The van der Waals surface area contributed by atoms with Gasteiger partial charge in [0.25, 0.3) is 0 Å². The first-order valence-electron chi connectivity index (χ1n) is 8.37. The monoisotopic (exact) mass is 338 g/mol. The number of hydrogen-bond donors (Lipinski definition) is 1. The van der Waals surface area contributed by atoms with E-state index in [0.717, 1.165) is 28.0 Å². The van der Waals surface area contributed by atoms with E-state index in [1.807, 2.05) is 66.7 Å². The molecule has 0 aliphatic rings. The van der Waals surface area contributed by atoms with Crippen molar-refractivity contribution in [3.63, 3.8) is 0 Å². The van der Waals surface area contributed by atoms with E-state index >= 15 is 0 Å². The van der Waals surface area contributed by atoms with Crippen LogP contribution in [0.1, 0.15) is 6.92 Å². The van der Waals surface area contributed by atoms with Gasteiger partial charge in [-0.25, -0.2) is 0 Å². The Labute approximate surface area is 147 Å². The minimum absolute atomic E-state index is 0.259. The third kappa shape index (κ3) is 4.64. The molecule has 0 aliphatic carbocycles. The van der Waals surface area contributed by atoms with Crippen LogP contribution in [0.25, 0.3) is 10.8 Å². The Morgan fingerprint density at radius 2 is 1.28 bits per heavy atom. The quantitative estimate of drug-likeness (QED) is 0.629. The van der Waals surface area contributed by atoms with Crippen molar-refractivity contribution in [2.75, 3.05) is 19.8 Å². The third-order valence-corrected chi connectivity index (χ3v) is 3.68. The first-order valence-corrected chi connectivity index (χ1v) is 8.37. The second-order valence-electron chi connectivity index (χ2n) is 5.78. The van der Waals surface area contributed by atoms with Gasteiger partial charge in [0.05, 0.1) is 6.10 Å². The minimum atomic E-state index is -0.509. The molecule has 1 N–H and O–H groups in total. The van der Waals surface area contributed by atoms with Gasteiger partial charge in [0.1, 0.15) is 37.1 Å². The molecule has 0 bridgehead atoms. The van der Waals surface area contributed by atoms with Crippen molar-refractivity contribution in [1.29, 1.82) is 0 Å². The molecule has 0 radical (unpaired) electrons. The Kier molecular flexibility index (Phi) is 5.75. The second-order valence-corrected chi connectivity index (χ2v) is 5.78. The average molecular weight is 338 g/mol. The van der Waals surface area contributed by atoms with Crippen molar-refractivity contribution in [2.45, 2.75) is 13.0 Å². The van der Waals surface area contributed by atoms with Gasteiger partial charge in [-0.1, -0.05) is 42.5 Å². The minimum Gasteiger partial charge on any atom is -0.490 e. The van der Waals surface area contributed by atoms with Crippen LogP contribution in [-0.4, -0.2) is 31.0 Å². The molecule has 1 atom stereocenters. The van der Waals surface area contributed by atoms with E-state index in [1.54, 1.807) is 6.92 Å². The molecule has 0 aliphatic heterocycles. The molecule has 3 aromatic rings. The first-order chi connectivity index (χ1) is 12.2. The predicted octanol–water partition coefficient (Wildman–Crippen LogP) is 4.06. The van der Waals surface area contributed by atoms with Gasteiger partial charge in [-0.3, -0.25) is 0 Å². The lowest BCUT2D eigenvalue weighted by molar-refractivity contribution is 0.123. The summed E-state index contributed by atoms with van der Waals surface area (Å²) in [5.41, 5.74) is 0. The molecule has 130 valence electrons. The van der Waals surface area contributed by atoms with Gasteiger partial charge in [-0.05, 0) is 31.2 Å². The molecular weight excluding hydrogens is 316 g/mol. The summed E-state index contributed by atoms with van der Waals surface area (Å²) in [7, 11) is 0. The largest absolute Gasteiger partial charge is 0.490 e. The number of hydrogen-bond acceptors (Lipinski definition) is 4. The molecule has 4 nitrogen and oxygen atoms in total. The molecular formula is C21H22O4. The highest BCUT2D eigenvalue weighted by Gasteiger charge is 2.08. The van der Waals surface area contributed by atoms with Crippen LogP contribution in [0.3, 0.4) is 0 Å². The molecule has 0 spiro atoms. The summed E-state index contributed by atoms with van der Waals surface area (Å²) in [6.07, 6.45) is -0.509. The smallest absolute Gasteiger partial charge is 0.127 e. The lowest BCUT2D eigenvalue weighted by Gasteiger charge is -2.14. The first kappa shape index (κ1) is 17.1. The van der Waals surface area contributed by atoms with Gasteiger partial charge in [0.2, 0.25) is 0 Å². The van der Waals surface area contributed by atoms with Crippen molar-refractivity contribution in [3.8, 4) is 17.2 Å². The number of rotatable bonds is 8. The van der Waals surface area contributed by atoms with Crippen LogP contribution in [-0.2, 0) is 0 Å². The van der Waals surface area contributed by atoms with Crippen LogP contribution in [0.5, 0.6) is 17.2 Å². The van der Waals surface area contributed by atoms with Gasteiger partial charge in [0, 0.05) is 10.8 Å². The summed E-state index contributed by atoms with van der Waals surface area (Å²) in [6.45, 7) is 2.88. The molecule has 0 aromatic heterocycles. The predicted molar refractivity (Wildman–Crippen MR) is 98.6 cm³/mol. The summed E-state index contributed by atoms with van der Waals surface area (Å²) < 4.78 is 17.2. The summed E-state index contributed by atoms with van der Waals surface area (Å²) in [5, 5.41) is 11.4. The van der Waals surface area contributed by atoms with Crippen LogP contribution in [0.4, 0.5) is 0 Å². The fourth-order valence-electron chi connectivity index (χ4n) is 2.53. The molecule has 0 heterocycles. The number of benzene rings is 3. The van der Waals surface area contributed by atoms with Gasteiger partial charge in [0.15, 0.2) is 0 Å². The lowest BCUT2D eigenvalue weighted by atomic mass is 10.1. The van der Waals surface area contributed by atoms with Crippen LogP contribution in [0, 0.1) is 0 Å². The van der Waals surface area contributed by atoms with Gasteiger partial charge < -0.3 is 19.3 Å². The molecule has 0 fully saturated rings. The summed E-state index contributed by atoms with van der Waals surface area (Å²) in [5.74, 6) is 2.36. The maximum atomic E-state index is 9.41. The van der Waals surface area contributed by atoms with Gasteiger partial charge in [-0.15, -0.1) is 0 Å². The summed E-state index contributed by atoms with van der Waals surface area (Å²) in [6, 6.07) is 21.3. The molecule has 3 rings (SSSR count). The molecule has 1 unspecified atom stereocenters. The van der Waals surface area contributed by atoms with Gasteiger partial charge in [-0.2, -0.15) is 0 Å². The number of ether oxygens (including phenoxy) is 3. The van der Waals surface area contributed by atoms with E-state index in [9.17, 15) is 5.11 Å². The topological polar surface area (TPSA) is 47.9 Å². The fraction of sp³-hybridized carbons (Fsp3) is 0.238. The maximum Gasteiger partial charge on any atom is 0.127 e. The van der Waals surface area contributed by atoms with Crippen molar-refractivity contribution in [3.05, 3.63) is 66.7 Å². The van der Waals surface area contributed by atoms with Crippen molar-refractivity contribution >= 4 is 10.8 Å².